The molecule has 1 amide bonds. The van der Waals surface area contributed by atoms with E-state index in [1.54, 1.807) is 55.6 Å². The van der Waals surface area contributed by atoms with Crippen molar-refractivity contribution in [2.24, 2.45) is 0 Å². The van der Waals surface area contributed by atoms with E-state index in [9.17, 15) is 9.59 Å². The van der Waals surface area contributed by atoms with Gasteiger partial charge in [-0.25, -0.2) is 0 Å². The van der Waals surface area contributed by atoms with E-state index in [1.807, 2.05) is 18.2 Å². The Bertz CT molecular complexity index is 1360. The van der Waals surface area contributed by atoms with Crippen LogP contribution in [0.2, 0.25) is 0 Å². The van der Waals surface area contributed by atoms with Crippen molar-refractivity contribution in [2.75, 3.05) is 26.6 Å². The summed E-state index contributed by atoms with van der Waals surface area (Å²) in [5, 5.41) is 3.95. The number of hydrogen-bond donors (Lipinski definition) is 1. The van der Waals surface area contributed by atoms with Crippen molar-refractivity contribution < 1.29 is 19.0 Å². The van der Waals surface area contributed by atoms with Gasteiger partial charge in [-0.05, 0) is 42.0 Å². The summed E-state index contributed by atoms with van der Waals surface area (Å²) in [5.74, 6) is 1.12. The van der Waals surface area contributed by atoms with E-state index in [2.05, 4.69) is 5.32 Å². The van der Waals surface area contributed by atoms with Crippen LogP contribution in [0.3, 0.4) is 0 Å². The van der Waals surface area contributed by atoms with Gasteiger partial charge in [-0.15, -0.1) is 11.3 Å². The molecule has 32 heavy (non-hydrogen) atoms. The number of benzene rings is 3. The molecule has 0 atom stereocenters. The second kappa shape index (κ2) is 9.11. The number of ether oxygens (including phenoxy) is 3. The molecule has 162 valence electrons. The van der Waals surface area contributed by atoms with Gasteiger partial charge >= 0.3 is 0 Å². The van der Waals surface area contributed by atoms with Crippen LogP contribution in [0.4, 0.5) is 5.00 Å². The van der Waals surface area contributed by atoms with Gasteiger partial charge in [0.15, 0.2) is 16.9 Å². The fourth-order valence-electron chi connectivity index (χ4n) is 3.49. The van der Waals surface area contributed by atoms with Crippen LogP contribution in [0.15, 0.2) is 71.5 Å². The van der Waals surface area contributed by atoms with Gasteiger partial charge in [0.25, 0.3) is 5.91 Å². The van der Waals surface area contributed by atoms with Crippen molar-refractivity contribution in [3.63, 3.8) is 0 Å². The molecule has 0 aliphatic heterocycles. The summed E-state index contributed by atoms with van der Waals surface area (Å²) >= 11 is 1.34. The fraction of sp³-hybridized carbons (Fsp3) is 0.120. The highest BCUT2D eigenvalue weighted by Crippen LogP contribution is 2.38. The molecule has 0 unspecified atom stereocenters. The SMILES string of the molecule is COc1ccc(-c2c(NC(=O)c3ccccc3OC)sc3ccccc3c2=O)cc1OC. The Morgan fingerprint density at radius 1 is 0.812 bits per heavy atom. The molecule has 1 aromatic heterocycles. The minimum Gasteiger partial charge on any atom is -0.496 e. The molecule has 4 aromatic rings. The number of hydrogen-bond acceptors (Lipinski definition) is 6. The largest absolute Gasteiger partial charge is 0.496 e. The van der Waals surface area contributed by atoms with Gasteiger partial charge < -0.3 is 19.5 Å². The summed E-state index contributed by atoms with van der Waals surface area (Å²) in [6.45, 7) is 0. The first-order chi connectivity index (χ1) is 15.6. The molecule has 0 aliphatic carbocycles. The molecule has 1 N–H and O–H groups in total. The molecule has 6 nitrogen and oxygen atoms in total. The van der Waals surface area contributed by atoms with Crippen LogP contribution >= 0.6 is 11.3 Å². The van der Waals surface area contributed by atoms with Gasteiger partial charge in [-0.3, -0.25) is 9.59 Å². The van der Waals surface area contributed by atoms with E-state index in [-0.39, 0.29) is 11.3 Å². The smallest absolute Gasteiger partial charge is 0.260 e. The van der Waals surface area contributed by atoms with E-state index >= 15 is 0 Å². The number of fused-ring (bicyclic) bond motifs is 1. The van der Waals surface area contributed by atoms with Crippen LogP contribution in [-0.4, -0.2) is 27.2 Å². The summed E-state index contributed by atoms with van der Waals surface area (Å²) in [6, 6.07) is 19.5. The minimum atomic E-state index is -0.366. The van der Waals surface area contributed by atoms with E-state index in [0.29, 0.717) is 44.3 Å². The highest BCUT2D eigenvalue weighted by Gasteiger charge is 2.20. The van der Waals surface area contributed by atoms with Crippen molar-refractivity contribution in [3.05, 3.63) is 82.5 Å². The van der Waals surface area contributed by atoms with Crippen molar-refractivity contribution in [1.82, 2.24) is 0 Å². The first-order valence-corrected chi connectivity index (χ1v) is 10.6. The van der Waals surface area contributed by atoms with E-state index in [1.165, 1.54) is 25.6 Å². The molecular weight excluding hydrogens is 426 g/mol. The number of methoxy groups -OCH3 is 3. The zero-order chi connectivity index (χ0) is 22.7. The Labute approximate surface area is 189 Å². The summed E-state index contributed by atoms with van der Waals surface area (Å²) in [6.07, 6.45) is 0. The Morgan fingerprint density at radius 2 is 1.50 bits per heavy atom. The fourth-order valence-corrected chi connectivity index (χ4v) is 4.58. The molecule has 1 heterocycles. The molecule has 0 fully saturated rings. The highest BCUT2D eigenvalue weighted by atomic mass is 32.1. The lowest BCUT2D eigenvalue weighted by Crippen LogP contribution is -2.16. The summed E-state index contributed by atoms with van der Waals surface area (Å²) < 4.78 is 16.8. The Morgan fingerprint density at radius 3 is 2.25 bits per heavy atom. The quantitative estimate of drug-likeness (QED) is 0.439. The van der Waals surface area contributed by atoms with Gasteiger partial charge in [-0.2, -0.15) is 0 Å². The lowest BCUT2D eigenvalue weighted by atomic mass is 10.0. The molecule has 3 aromatic carbocycles. The van der Waals surface area contributed by atoms with Gasteiger partial charge in [-0.1, -0.05) is 30.3 Å². The normalized spacial score (nSPS) is 10.6. The van der Waals surface area contributed by atoms with Gasteiger partial charge in [0, 0.05) is 10.1 Å². The van der Waals surface area contributed by atoms with E-state index in [4.69, 9.17) is 14.2 Å². The number of carbonyl (C=O) groups is 1. The monoisotopic (exact) mass is 447 g/mol. The lowest BCUT2D eigenvalue weighted by molar-refractivity contribution is 0.102. The maximum absolute atomic E-state index is 13.5. The van der Waals surface area contributed by atoms with E-state index < -0.39 is 0 Å². The maximum atomic E-state index is 13.5. The zero-order valence-electron chi connectivity index (χ0n) is 17.8. The third-order valence-electron chi connectivity index (χ3n) is 5.05. The Kier molecular flexibility index (Phi) is 6.09. The van der Waals surface area contributed by atoms with Crippen molar-refractivity contribution >= 4 is 32.3 Å². The molecule has 0 spiro atoms. The summed E-state index contributed by atoms with van der Waals surface area (Å²) in [7, 11) is 4.59. The van der Waals surface area contributed by atoms with Gasteiger partial charge in [0.1, 0.15) is 10.8 Å². The summed E-state index contributed by atoms with van der Waals surface area (Å²) in [5.41, 5.74) is 1.20. The zero-order valence-corrected chi connectivity index (χ0v) is 18.6. The van der Waals surface area contributed by atoms with Crippen LogP contribution in [0, 0.1) is 0 Å². The van der Waals surface area contributed by atoms with Crippen molar-refractivity contribution in [3.8, 4) is 28.4 Å². The maximum Gasteiger partial charge on any atom is 0.260 e. The van der Waals surface area contributed by atoms with Crippen molar-refractivity contribution in [2.45, 2.75) is 0 Å². The average molecular weight is 448 g/mol. The number of para-hydroxylation sites is 1. The van der Waals surface area contributed by atoms with Crippen LogP contribution in [0.5, 0.6) is 17.2 Å². The van der Waals surface area contributed by atoms with Crippen LogP contribution in [0.25, 0.3) is 21.2 Å². The molecule has 0 aliphatic rings. The molecule has 0 radical (unpaired) electrons. The predicted molar refractivity (Wildman–Crippen MR) is 128 cm³/mol. The molecule has 4 rings (SSSR count). The third-order valence-corrected chi connectivity index (χ3v) is 6.13. The average Bonchev–Trinajstić information content (AvgIpc) is 2.83. The first kappa shape index (κ1) is 21.4. The first-order valence-electron chi connectivity index (χ1n) is 9.80. The van der Waals surface area contributed by atoms with Crippen LogP contribution < -0.4 is 25.0 Å². The molecule has 0 bridgehead atoms. The predicted octanol–water partition coefficient (Wildman–Crippen LogP) is 5.21. The lowest BCUT2D eigenvalue weighted by Gasteiger charge is -2.14. The second-order valence-corrected chi connectivity index (χ2v) is 7.91. The molecule has 0 saturated carbocycles. The number of anilines is 1. The standard InChI is InChI=1S/C25H21NO5S/c1-29-18-10-6-4-8-16(18)24(28)26-25-22(15-12-13-19(30-2)20(14-15)31-3)23(27)17-9-5-7-11-21(17)32-25/h4-14H,1-3H3,(H,26,28). The highest BCUT2D eigenvalue weighted by molar-refractivity contribution is 7.22. The molecule has 0 saturated heterocycles. The number of carbonyl (C=O) groups excluding carboxylic acids is 1. The third kappa shape index (κ3) is 3.90. The summed E-state index contributed by atoms with van der Waals surface area (Å²) in [4.78, 5) is 26.6. The topological polar surface area (TPSA) is 73.9 Å². The molecule has 7 heteroatoms. The minimum absolute atomic E-state index is 0.179. The number of nitrogens with one attached hydrogen (secondary N) is 1. The van der Waals surface area contributed by atoms with Gasteiger partial charge in [0.2, 0.25) is 0 Å². The Hall–Kier alpha value is -3.84. The second-order valence-electron chi connectivity index (χ2n) is 6.86. The number of amides is 1. The van der Waals surface area contributed by atoms with Gasteiger partial charge in [0.05, 0.1) is 32.5 Å². The number of rotatable bonds is 6. The van der Waals surface area contributed by atoms with E-state index in [0.717, 1.165) is 4.70 Å². The van der Waals surface area contributed by atoms with Crippen LogP contribution in [-0.2, 0) is 0 Å². The van der Waals surface area contributed by atoms with Crippen LogP contribution in [0.1, 0.15) is 10.4 Å². The molecular formula is C25H21NO5S. The van der Waals surface area contributed by atoms with Crippen molar-refractivity contribution in [1.29, 1.82) is 0 Å². The Balaban J connectivity index is 1.90.